The van der Waals surface area contributed by atoms with Crippen LogP contribution in [-0.4, -0.2) is 37.6 Å². The van der Waals surface area contributed by atoms with Crippen LogP contribution in [0.4, 0.5) is 5.69 Å². The molecule has 2 aromatic carbocycles. The van der Waals surface area contributed by atoms with Crippen molar-refractivity contribution in [3.63, 3.8) is 0 Å². The van der Waals surface area contributed by atoms with Gasteiger partial charge in [-0.05, 0) is 54.8 Å². The van der Waals surface area contributed by atoms with Gasteiger partial charge in [-0.3, -0.25) is 9.59 Å². The minimum atomic E-state index is -3.56. The summed E-state index contributed by atoms with van der Waals surface area (Å²) in [5, 5.41) is 2.86. The number of halogens is 1. The average molecular weight is 480 g/mol. The van der Waals surface area contributed by atoms with Gasteiger partial charge in [0.05, 0.1) is 11.3 Å². The molecule has 0 atom stereocenters. The number of nitrogens with two attached hydrogens (primary N) is 1. The van der Waals surface area contributed by atoms with Crippen molar-refractivity contribution in [3.05, 3.63) is 58.6 Å². The van der Waals surface area contributed by atoms with Gasteiger partial charge in [-0.15, -0.1) is 0 Å². The van der Waals surface area contributed by atoms with E-state index in [9.17, 15) is 18.0 Å². The summed E-state index contributed by atoms with van der Waals surface area (Å²) in [6.07, 6.45) is 1.07. The van der Waals surface area contributed by atoms with Crippen molar-refractivity contribution in [2.75, 3.05) is 18.4 Å². The van der Waals surface area contributed by atoms with Crippen molar-refractivity contribution in [1.29, 1.82) is 0 Å². The second kappa shape index (κ2) is 9.06. The highest BCUT2D eigenvalue weighted by Crippen LogP contribution is 2.25. The van der Waals surface area contributed by atoms with Crippen molar-refractivity contribution in [3.8, 4) is 0 Å². The number of sulfonamides is 1. The van der Waals surface area contributed by atoms with Crippen molar-refractivity contribution in [2.24, 2.45) is 11.7 Å². The predicted octanol–water partition coefficient (Wildman–Crippen LogP) is 2.52. The standard InChI is InChI=1S/C20H22BrN3O4S/c21-16-3-7-18(8-4-16)29(27,28)24-11-9-15(10-12-24)20(26)23-17-5-1-14(2-6-17)13-19(22)25/h1-8,15H,9-13H2,(H2,22,25)(H,23,26). The van der Waals surface area contributed by atoms with Gasteiger partial charge in [0.2, 0.25) is 21.8 Å². The Bertz CT molecular complexity index is 983. The van der Waals surface area contributed by atoms with Crippen LogP contribution in [0.2, 0.25) is 0 Å². The zero-order valence-corrected chi connectivity index (χ0v) is 18.1. The van der Waals surface area contributed by atoms with E-state index < -0.39 is 15.9 Å². The molecular weight excluding hydrogens is 458 g/mol. The van der Waals surface area contributed by atoms with Gasteiger partial charge in [-0.2, -0.15) is 4.31 Å². The van der Waals surface area contributed by atoms with Crippen LogP contribution >= 0.6 is 15.9 Å². The molecule has 0 saturated carbocycles. The second-order valence-electron chi connectivity index (χ2n) is 6.96. The van der Waals surface area contributed by atoms with Gasteiger partial charge >= 0.3 is 0 Å². The van der Waals surface area contributed by atoms with E-state index in [4.69, 9.17) is 5.73 Å². The van der Waals surface area contributed by atoms with Crippen LogP contribution < -0.4 is 11.1 Å². The first-order chi connectivity index (χ1) is 13.8. The van der Waals surface area contributed by atoms with Crippen LogP contribution in [0.5, 0.6) is 0 Å². The summed E-state index contributed by atoms with van der Waals surface area (Å²) in [4.78, 5) is 23.7. The van der Waals surface area contributed by atoms with Gasteiger partial charge in [0, 0.05) is 29.2 Å². The molecule has 3 N–H and O–H groups in total. The average Bonchev–Trinajstić information content (AvgIpc) is 2.69. The highest BCUT2D eigenvalue weighted by molar-refractivity contribution is 9.10. The number of piperidine rings is 1. The first-order valence-corrected chi connectivity index (χ1v) is 11.4. The Kier molecular flexibility index (Phi) is 6.71. The molecule has 0 radical (unpaired) electrons. The topological polar surface area (TPSA) is 110 Å². The van der Waals surface area contributed by atoms with Crippen LogP contribution in [-0.2, 0) is 26.0 Å². The Morgan fingerprint density at radius 2 is 1.62 bits per heavy atom. The third-order valence-electron chi connectivity index (χ3n) is 4.88. The molecule has 154 valence electrons. The summed E-state index contributed by atoms with van der Waals surface area (Å²) in [6.45, 7) is 0.599. The Morgan fingerprint density at radius 3 is 2.17 bits per heavy atom. The monoisotopic (exact) mass is 479 g/mol. The number of amides is 2. The first kappa shape index (κ1) is 21.5. The summed E-state index contributed by atoms with van der Waals surface area (Å²) >= 11 is 3.30. The molecular formula is C20H22BrN3O4S. The smallest absolute Gasteiger partial charge is 0.243 e. The number of nitrogens with one attached hydrogen (secondary N) is 1. The van der Waals surface area contributed by atoms with E-state index in [1.807, 2.05) is 0 Å². The highest BCUT2D eigenvalue weighted by Gasteiger charge is 2.32. The lowest BCUT2D eigenvalue weighted by molar-refractivity contribution is -0.121. The fraction of sp³-hybridized carbons (Fsp3) is 0.300. The molecule has 3 rings (SSSR count). The largest absolute Gasteiger partial charge is 0.369 e. The van der Waals surface area contributed by atoms with E-state index in [-0.39, 0.29) is 23.1 Å². The van der Waals surface area contributed by atoms with E-state index >= 15 is 0 Å². The van der Waals surface area contributed by atoms with Crippen LogP contribution in [0.3, 0.4) is 0 Å². The minimum Gasteiger partial charge on any atom is -0.369 e. The van der Waals surface area contributed by atoms with E-state index in [1.54, 1.807) is 48.5 Å². The second-order valence-corrected chi connectivity index (χ2v) is 9.82. The van der Waals surface area contributed by atoms with Crippen LogP contribution in [0.1, 0.15) is 18.4 Å². The number of primary amides is 1. The SMILES string of the molecule is NC(=O)Cc1ccc(NC(=O)C2CCN(S(=O)(=O)c3ccc(Br)cc3)CC2)cc1. The number of carbonyl (C=O) groups excluding carboxylic acids is 2. The number of anilines is 1. The Hall–Kier alpha value is -2.23. The lowest BCUT2D eigenvalue weighted by atomic mass is 9.97. The molecule has 2 amide bonds. The molecule has 2 aromatic rings. The first-order valence-electron chi connectivity index (χ1n) is 9.19. The molecule has 0 aromatic heterocycles. The Balaban J connectivity index is 1.56. The summed E-state index contributed by atoms with van der Waals surface area (Å²) in [6, 6.07) is 13.5. The molecule has 0 bridgehead atoms. The fourth-order valence-electron chi connectivity index (χ4n) is 3.27. The molecule has 1 saturated heterocycles. The minimum absolute atomic E-state index is 0.131. The van der Waals surface area contributed by atoms with Gasteiger partial charge in [-0.1, -0.05) is 28.1 Å². The van der Waals surface area contributed by atoms with Gasteiger partial charge in [0.15, 0.2) is 0 Å². The van der Waals surface area contributed by atoms with Crippen molar-refractivity contribution < 1.29 is 18.0 Å². The van der Waals surface area contributed by atoms with E-state index in [0.29, 0.717) is 31.6 Å². The van der Waals surface area contributed by atoms with Gasteiger partial charge in [0.25, 0.3) is 0 Å². The number of hydrogen-bond donors (Lipinski definition) is 2. The van der Waals surface area contributed by atoms with Crippen LogP contribution in [0, 0.1) is 5.92 Å². The van der Waals surface area contributed by atoms with E-state index in [0.717, 1.165) is 10.0 Å². The number of rotatable bonds is 6. The zero-order chi connectivity index (χ0) is 21.0. The maximum atomic E-state index is 12.8. The van der Waals surface area contributed by atoms with Crippen molar-refractivity contribution in [2.45, 2.75) is 24.2 Å². The third kappa shape index (κ3) is 5.43. The summed E-state index contributed by atoms with van der Waals surface area (Å²) < 4.78 is 27.7. The number of nitrogens with zero attached hydrogens (tertiary/aromatic N) is 1. The molecule has 7 nitrogen and oxygen atoms in total. The molecule has 0 aliphatic carbocycles. The number of carbonyl (C=O) groups is 2. The lowest BCUT2D eigenvalue weighted by Crippen LogP contribution is -2.41. The summed E-state index contributed by atoms with van der Waals surface area (Å²) in [7, 11) is -3.56. The van der Waals surface area contributed by atoms with Gasteiger partial charge in [0.1, 0.15) is 0 Å². The number of hydrogen-bond acceptors (Lipinski definition) is 4. The quantitative estimate of drug-likeness (QED) is 0.662. The van der Waals surface area contributed by atoms with Gasteiger partial charge in [-0.25, -0.2) is 8.42 Å². The molecule has 29 heavy (non-hydrogen) atoms. The summed E-state index contributed by atoms with van der Waals surface area (Å²) in [5.74, 6) is -0.795. The number of benzene rings is 2. The van der Waals surface area contributed by atoms with Gasteiger partial charge < -0.3 is 11.1 Å². The Morgan fingerprint density at radius 1 is 1.03 bits per heavy atom. The molecule has 1 fully saturated rings. The molecule has 1 aliphatic heterocycles. The zero-order valence-electron chi connectivity index (χ0n) is 15.7. The molecule has 9 heteroatoms. The predicted molar refractivity (Wildman–Crippen MR) is 114 cm³/mol. The molecule has 1 heterocycles. The Labute approximate surface area is 178 Å². The lowest BCUT2D eigenvalue weighted by Gasteiger charge is -2.30. The maximum Gasteiger partial charge on any atom is 0.243 e. The van der Waals surface area contributed by atoms with Crippen molar-refractivity contribution >= 4 is 43.5 Å². The van der Waals surface area contributed by atoms with Crippen LogP contribution in [0.15, 0.2) is 57.9 Å². The molecule has 0 spiro atoms. The summed E-state index contributed by atoms with van der Waals surface area (Å²) in [5.41, 5.74) is 6.58. The third-order valence-corrected chi connectivity index (χ3v) is 7.32. The van der Waals surface area contributed by atoms with Crippen molar-refractivity contribution in [1.82, 2.24) is 4.31 Å². The van der Waals surface area contributed by atoms with E-state index in [2.05, 4.69) is 21.2 Å². The van der Waals surface area contributed by atoms with Crippen LogP contribution in [0.25, 0.3) is 0 Å². The normalized spacial score (nSPS) is 15.8. The van der Waals surface area contributed by atoms with E-state index in [1.165, 1.54) is 4.31 Å². The maximum absolute atomic E-state index is 12.8. The molecule has 0 unspecified atom stereocenters. The highest BCUT2D eigenvalue weighted by atomic mass is 79.9. The fourth-order valence-corrected chi connectivity index (χ4v) is 5.00. The molecule has 1 aliphatic rings.